The van der Waals surface area contributed by atoms with Crippen LogP contribution >= 0.6 is 0 Å². The molecule has 1 heteroatoms. The van der Waals surface area contributed by atoms with E-state index >= 15 is 0 Å². The topological polar surface area (TPSA) is 12.0 Å². The second-order valence-corrected chi connectivity index (χ2v) is 2.69. The van der Waals surface area contributed by atoms with Gasteiger partial charge >= 0.3 is 0 Å². The Labute approximate surface area is 75.9 Å². The van der Waals surface area contributed by atoms with E-state index in [-0.39, 0.29) is 0 Å². The van der Waals surface area contributed by atoms with Gasteiger partial charge in [-0.05, 0) is 37.1 Å². The van der Waals surface area contributed by atoms with Crippen LogP contribution < -0.4 is 5.32 Å². The lowest BCUT2D eigenvalue weighted by Crippen LogP contribution is -1.94. The molecule has 0 rings (SSSR count). The first-order chi connectivity index (χ1) is 5.76. The molecule has 1 N–H and O–H groups in total. The Morgan fingerprint density at radius 3 is 2.50 bits per heavy atom. The third kappa shape index (κ3) is 4.02. The summed E-state index contributed by atoms with van der Waals surface area (Å²) in [5, 5.41) is 2.98. The van der Waals surface area contributed by atoms with Crippen LogP contribution in [0, 0.1) is 0 Å². The van der Waals surface area contributed by atoms with Gasteiger partial charge in [0.1, 0.15) is 0 Å². The van der Waals surface area contributed by atoms with Crippen molar-refractivity contribution in [1.82, 2.24) is 5.32 Å². The van der Waals surface area contributed by atoms with Crippen LogP contribution in [0.25, 0.3) is 0 Å². The molecular weight excluding hydrogens is 146 g/mol. The molecule has 0 unspecified atom stereocenters. The van der Waals surface area contributed by atoms with E-state index in [2.05, 4.69) is 38.7 Å². The van der Waals surface area contributed by atoms with Crippen molar-refractivity contribution in [2.45, 2.75) is 33.6 Å². The highest BCUT2D eigenvalue weighted by atomic mass is 14.8. The smallest absolute Gasteiger partial charge is 0.00363 e. The first kappa shape index (κ1) is 11.0. The zero-order chi connectivity index (χ0) is 9.40. The molecule has 0 radical (unpaired) electrons. The Morgan fingerprint density at radius 2 is 2.08 bits per heavy atom. The molecule has 0 aromatic carbocycles. The number of hydrogen-bond acceptors (Lipinski definition) is 1. The minimum Gasteiger partial charge on any atom is -0.368 e. The Kier molecular flexibility index (Phi) is 6.16. The lowest BCUT2D eigenvalue weighted by Gasteiger charge is -2.04. The zero-order valence-corrected chi connectivity index (χ0v) is 8.35. The molecule has 0 aromatic rings. The van der Waals surface area contributed by atoms with Gasteiger partial charge in [-0.1, -0.05) is 26.5 Å². The van der Waals surface area contributed by atoms with Gasteiger partial charge < -0.3 is 5.32 Å². The normalized spacial score (nSPS) is 12.9. The van der Waals surface area contributed by atoms with Crippen molar-refractivity contribution in [3.05, 3.63) is 36.2 Å². The van der Waals surface area contributed by atoms with E-state index in [0.717, 1.165) is 12.8 Å². The average Bonchev–Trinajstić information content (AvgIpc) is 2.10. The van der Waals surface area contributed by atoms with Crippen LogP contribution in [-0.2, 0) is 0 Å². The molecule has 0 amide bonds. The minimum atomic E-state index is 1.09. The highest BCUT2D eigenvalue weighted by Crippen LogP contribution is 2.12. The van der Waals surface area contributed by atoms with E-state index in [4.69, 9.17) is 0 Å². The highest BCUT2D eigenvalue weighted by molar-refractivity contribution is 5.28. The van der Waals surface area contributed by atoms with E-state index in [1.54, 1.807) is 6.20 Å². The van der Waals surface area contributed by atoms with Crippen molar-refractivity contribution in [1.29, 1.82) is 0 Å². The summed E-state index contributed by atoms with van der Waals surface area (Å²) in [6.45, 7) is 10.0. The van der Waals surface area contributed by atoms with Crippen molar-refractivity contribution in [2.24, 2.45) is 0 Å². The van der Waals surface area contributed by atoms with E-state index < -0.39 is 0 Å². The lowest BCUT2D eigenvalue weighted by atomic mass is 10.1. The molecule has 1 nitrogen and oxygen atoms in total. The lowest BCUT2D eigenvalue weighted by molar-refractivity contribution is 1.04. The summed E-state index contributed by atoms with van der Waals surface area (Å²) in [5.41, 5.74) is 2.70. The fraction of sp³-hybridized carbons (Fsp3) is 0.455. The first-order valence-corrected chi connectivity index (χ1v) is 4.49. The van der Waals surface area contributed by atoms with Gasteiger partial charge in [0.25, 0.3) is 0 Å². The van der Waals surface area contributed by atoms with Gasteiger partial charge in [0.2, 0.25) is 0 Å². The van der Waals surface area contributed by atoms with E-state index in [0.29, 0.717) is 0 Å². The molecule has 0 saturated heterocycles. The average molecular weight is 165 g/mol. The molecule has 0 heterocycles. The molecule has 0 bridgehead atoms. The SMILES string of the molecule is C=CN/C=C(\C)C(=CCC)CC. The predicted molar refractivity (Wildman–Crippen MR) is 55.8 cm³/mol. The molecule has 0 aliphatic heterocycles. The van der Waals surface area contributed by atoms with Crippen LogP contribution in [0.1, 0.15) is 33.6 Å². The fourth-order valence-electron chi connectivity index (χ4n) is 1.11. The summed E-state index contributed by atoms with van der Waals surface area (Å²) in [5.74, 6) is 0. The first-order valence-electron chi connectivity index (χ1n) is 4.49. The molecular formula is C11H19N. The maximum absolute atomic E-state index is 3.59. The molecule has 0 atom stereocenters. The van der Waals surface area contributed by atoms with Gasteiger partial charge in [-0.15, -0.1) is 0 Å². The summed E-state index contributed by atoms with van der Waals surface area (Å²) < 4.78 is 0. The zero-order valence-electron chi connectivity index (χ0n) is 8.35. The summed E-state index contributed by atoms with van der Waals surface area (Å²) in [6.07, 6.45) is 8.12. The van der Waals surface area contributed by atoms with Gasteiger partial charge in [0.05, 0.1) is 0 Å². The van der Waals surface area contributed by atoms with Gasteiger partial charge in [-0.25, -0.2) is 0 Å². The number of rotatable bonds is 5. The second kappa shape index (κ2) is 6.71. The monoisotopic (exact) mass is 165 g/mol. The number of nitrogens with one attached hydrogen (secondary N) is 1. The molecule has 0 aromatic heterocycles. The van der Waals surface area contributed by atoms with Crippen molar-refractivity contribution in [3.63, 3.8) is 0 Å². The third-order valence-corrected chi connectivity index (χ3v) is 1.76. The largest absolute Gasteiger partial charge is 0.368 e. The summed E-state index contributed by atoms with van der Waals surface area (Å²) in [4.78, 5) is 0. The van der Waals surface area contributed by atoms with Crippen LogP contribution in [0.15, 0.2) is 36.2 Å². The van der Waals surface area contributed by atoms with Gasteiger partial charge in [-0.3, -0.25) is 0 Å². The minimum absolute atomic E-state index is 1.09. The van der Waals surface area contributed by atoms with Crippen molar-refractivity contribution < 1.29 is 0 Å². The van der Waals surface area contributed by atoms with Crippen molar-refractivity contribution in [2.75, 3.05) is 0 Å². The Balaban J connectivity index is 4.29. The van der Waals surface area contributed by atoms with Crippen LogP contribution in [0.2, 0.25) is 0 Å². The quantitative estimate of drug-likeness (QED) is 0.616. The predicted octanol–water partition coefficient (Wildman–Crippen LogP) is 3.37. The van der Waals surface area contributed by atoms with Crippen molar-refractivity contribution in [3.8, 4) is 0 Å². The summed E-state index contributed by atoms with van der Waals surface area (Å²) in [7, 11) is 0. The van der Waals surface area contributed by atoms with Gasteiger partial charge in [0.15, 0.2) is 0 Å². The molecule has 12 heavy (non-hydrogen) atoms. The van der Waals surface area contributed by atoms with Gasteiger partial charge in [0, 0.05) is 6.20 Å². The van der Waals surface area contributed by atoms with Crippen LogP contribution in [0.5, 0.6) is 0 Å². The second-order valence-electron chi connectivity index (χ2n) is 2.69. The molecule has 0 spiro atoms. The van der Waals surface area contributed by atoms with Crippen LogP contribution in [0.3, 0.4) is 0 Å². The molecule has 0 saturated carbocycles. The maximum atomic E-state index is 3.59. The molecule has 0 aliphatic rings. The van der Waals surface area contributed by atoms with E-state index in [1.165, 1.54) is 11.1 Å². The van der Waals surface area contributed by atoms with Gasteiger partial charge in [-0.2, -0.15) is 0 Å². The number of hydrogen-bond donors (Lipinski definition) is 1. The molecule has 68 valence electrons. The highest BCUT2D eigenvalue weighted by Gasteiger charge is 1.94. The Morgan fingerprint density at radius 1 is 1.42 bits per heavy atom. The number of allylic oxidation sites excluding steroid dienone is 3. The van der Waals surface area contributed by atoms with Crippen molar-refractivity contribution >= 4 is 0 Å². The van der Waals surface area contributed by atoms with Crippen LogP contribution in [0.4, 0.5) is 0 Å². The standard InChI is InChI=1S/C11H19N/c1-5-8-11(6-2)10(4)9-12-7-3/h7-9,12H,3,5-6H2,1-2,4H3/b10-9+,11-8?. The van der Waals surface area contributed by atoms with E-state index in [9.17, 15) is 0 Å². The third-order valence-electron chi connectivity index (χ3n) is 1.76. The van der Waals surface area contributed by atoms with Crippen LogP contribution in [-0.4, -0.2) is 0 Å². The molecule has 0 fully saturated rings. The fourth-order valence-corrected chi connectivity index (χ4v) is 1.11. The summed E-state index contributed by atoms with van der Waals surface area (Å²) in [6, 6.07) is 0. The summed E-state index contributed by atoms with van der Waals surface area (Å²) >= 11 is 0. The maximum Gasteiger partial charge on any atom is 0.00363 e. The van der Waals surface area contributed by atoms with E-state index in [1.807, 2.05) is 6.20 Å². The Bertz CT molecular complexity index is 187. The molecule has 0 aliphatic carbocycles. The Hall–Kier alpha value is -0.980.